The van der Waals surface area contributed by atoms with Crippen molar-refractivity contribution in [2.75, 3.05) is 0 Å². The Kier molecular flexibility index (Phi) is 6.01. The summed E-state index contributed by atoms with van der Waals surface area (Å²) in [5.41, 5.74) is 3.65. The topological polar surface area (TPSA) is 17.1 Å². The molecule has 21 heavy (non-hydrogen) atoms. The Bertz CT molecular complexity index is 424. The highest BCUT2D eigenvalue weighted by molar-refractivity contribution is 5.75. The minimum Gasteiger partial charge on any atom is -0.300 e. The molecule has 0 fully saturated rings. The van der Waals surface area contributed by atoms with Crippen molar-refractivity contribution >= 4 is 5.78 Å². The van der Waals surface area contributed by atoms with Crippen LogP contribution in [-0.4, -0.2) is 5.78 Å². The normalized spacial score (nSPS) is 20.0. The molecule has 0 radical (unpaired) electrons. The molecule has 0 heterocycles. The van der Waals surface area contributed by atoms with Crippen molar-refractivity contribution in [3.8, 4) is 0 Å². The number of hydrogen-bond acceptors (Lipinski definition) is 1. The SMILES string of the molecule is CC(=O)CCCCC1CC(C(C)(C)C)=CC=C1C(C)(C)C. The molecule has 1 rings (SSSR count). The van der Waals surface area contributed by atoms with Crippen molar-refractivity contribution in [2.24, 2.45) is 16.7 Å². The molecule has 0 aromatic carbocycles. The summed E-state index contributed by atoms with van der Waals surface area (Å²) in [7, 11) is 0. The maximum Gasteiger partial charge on any atom is 0.129 e. The lowest BCUT2D eigenvalue weighted by Gasteiger charge is -2.37. The highest BCUT2D eigenvalue weighted by Crippen LogP contribution is 2.43. The third-order valence-corrected chi connectivity index (χ3v) is 4.53. The van der Waals surface area contributed by atoms with E-state index in [2.05, 4.69) is 53.7 Å². The molecule has 1 atom stereocenters. The molecule has 0 bridgehead atoms. The van der Waals surface area contributed by atoms with Gasteiger partial charge in [-0.1, -0.05) is 71.3 Å². The van der Waals surface area contributed by atoms with Crippen LogP contribution in [0, 0.1) is 16.7 Å². The van der Waals surface area contributed by atoms with Gasteiger partial charge in [0, 0.05) is 6.42 Å². The van der Waals surface area contributed by atoms with Gasteiger partial charge < -0.3 is 4.79 Å². The largest absolute Gasteiger partial charge is 0.300 e. The Morgan fingerprint density at radius 1 is 1.05 bits per heavy atom. The predicted molar refractivity (Wildman–Crippen MR) is 92.3 cm³/mol. The summed E-state index contributed by atoms with van der Waals surface area (Å²) in [6.45, 7) is 15.6. The summed E-state index contributed by atoms with van der Waals surface area (Å²) in [5, 5.41) is 0. The minimum atomic E-state index is 0.241. The van der Waals surface area contributed by atoms with Gasteiger partial charge in [-0.25, -0.2) is 0 Å². The van der Waals surface area contributed by atoms with Crippen LogP contribution in [0.3, 0.4) is 0 Å². The molecule has 0 saturated carbocycles. The fraction of sp³-hybridized carbons (Fsp3) is 0.750. The fourth-order valence-electron chi connectivity index (χ4n) is 3.21. The van der Waals surface area contributed by atoms with Gasteiger partial charge in [0.25, 0.3) is 0 Å². The van der Waals surface area contributed by atoms with Gasteiger partial charge in [0.2, 0.25) is 0 Å². The second-order valence-electron chi connectivity index (χ2n) is 8.66. The van der Waals surface area contributed by atoms with E-state index >= 15 is 0 Å². The first-order valence-corrected chi connectivity index (χ1v) is 8.43. The lowest BCUT2D eigenvalue weighted by Crippen LogP contribution is -2.24. The average molecular weight is 290 g/mol. The molecule has 0 aromatic heterocycles. The standard InChI is InChI=1S/C20H34O/c1-15(21)10-8-9-11-16-14-17(19(2,3)4)12-13-18(16)20(5,6)7/h12-13,16H,8-11,14H2,1-7H3. The van der Waals surface area contributed by atoms with Crippen LogP contribution in [-0.2, 0) is 4.79 Å². The Balaban J connectivity index is 2.78. The lowest BCUT2D eigenvalue weighted by molar-refractivity contribution is -0.117. The number of carbonyl (C=O) groups is 1. The van der Waals surface area contributed by atoms with E-state index in [1.165, 1.54) is 12.8 Å². The van der Waals surface area contributed by atoms with Crippen LogP contribution in [0.1, 0.15) is 80.6 Å². The van der Waals surface area contributed by atoms with Crippen molar-refractivity contribution < 1.29 is 4.79 Å². The Morgan fingerprint density at radius 3 is 2.14 bits per heavy atom. The number of carbonyl (C=O) groups excluding carboxylic acids is 1. The zero-order valence-corrected chi connectivity index (χ0v) is 15.2. The molecule has 0 aliphatic heterocycles. The van der Waals surface area contributed by atoms with E-state index in [1.54, 1.807) is 18.1 Å². The van der Waals surface area contributed by atoms with Gasteiger partial charge in [-0.2, -0.15) is 0 Å². The molecule has 1 unspecified atom stereocenters. The van der Waals surface area contributed by atoms with E-state index in [0.717, 1.165) is 19.3 Å². The van der Waals surface area contributed by atoms with E-state index in [0.29, 0.717) is 11.7 Å². The Hall–Kier alpha value is -0.850. The summed E-state index contributed by atoms with van der Waals surface area (Å²) < 4.78 is 0. The van der Waals surface area contributed by atoms with E-state index in [1.807, 2.05) is 0 Å². The molecule has 0 N–H and O–H groups in total. The molecule has 0 aromatic rings. The maximum absolute atomic E-state index is 11.1. The van der Waals surface area contributed by atoms with Crippen LogP contribution >= 0.6 is 0 Å². The molecule has 1 aliphatic carbocycles. The van der Waals surface area contributed by atoms with Gasteiger partial charge in [0.05, 0.1) is 0 Å². The molecular formula is C20H34O. The van der Waals surface area contributed by atoms with Gasteiger partial charge in [-0.15, -0.1) is 0 Å². The quantitative estimate of drug-likeness (QED) is 0.559. The van der Waals surface area contributed by atoms with E-state index in [9.17, 15) is 4.79 Å². The van der Waals surface area contributed by atoms with Gasteiger partial charge in [-0.05, 0) is 42.9 Å². The smallest absolute Gasteiger partial charge is 0.129 e. The third-order valence-electron chi connectivity index (χ3n) is 4.53. The van der Waals surface area contributed by atoms with E-state index in [4.69, 9.17) is 0 Å². The first-order valence-electron chi connectivity index (χ1n) is 8.43. The summed E-state index contributed by atoms with van der Waals surface area (Å²) in [4.78, 5) is 11.1. The number of Topliss-reactive ketones (excluding diaryl/α,β-unsaturated/α-hetero) is 1. The first-order chi connectivity index (χ1) is 9.51. The van der Waals surface area contributed by atoms with E-state index < -0.39 is 0 Å². The average Bonchev–Trinajstić information content (AvgIpc) is 2.31. The number of allylic oxidation sites excluding steroid dienone is 4. The molecular weight excluding hydrogens is 256 g/mol. The van der Waals surface area contributed by atoms with E-state index in [-0.39, 0.29) is 10.8 Å². The van der Waals surface area contributed by atoms with Crippen LogP contribution in [0.4, 0.5) is 0 Å². The summed E-state index contributed by atoms with van der Waals surface area (Å²) in [6, 6.07) is 0. The monoisotopic (exact) mass is 290 g/mol. The molecule has 0 saturated heterocycles. The number of unbranched alkanes of at least 4 members (excludes halogenated alkanes) is 1. The number of ketones is 1. The first kappa shape index (κ1) is 18.2. The predicted octanol–water partition coefficient (Wildman–Crippen LogP) is 6.10. The van der Waals surface area contributed by atoms with Crippen LogP contribution < -0.4 is 0 Å². The van der Waals surface area contributed by atoms with Crippen molar-refractivity contribution in [1.82, 2.24) is 0 Å². The summed E-state index contributed by atoms with van der Waals surface area (Å²) in [6.07, 6.45) is 10.1. The second-order valence-corrected chi connectivity index (χ2v) is 8.66. The molecule has 1 heteroatoms. The highest BCUT2D eigenvalue weighted by Gasteiger charge is 2.30. The summed E-state index contributed by atoms with van der Waals surface area (Å²) >= 11 is 0. The van der Waals surface area contributed by atoms with Gasteiger partial charge in [0.1, 0.15) is 5.78 Å². The van der Waals surface area contributed by atoms with Gasteiger partial charge >= 0.3 is 0 Å². The zero-order chi connectivity index (χ0) is 16.3. The van der Waals surface area contributed by atoms with Crippen molar-refractivity contribution in [1.29, 1.82) is 0 Å². The van der Waals surface area contributed by atoms with Crippen molar-refractivity contribution in [2.45, 2.75) is 80.6 Å². The number of hydrogen-bond donors (Lipinski definition) is 0. The molecule has 0 spiro atoms. The Labute approximate surface area is 131 Å². The van der Waals surface area contributed by atoms with Gasteiger partial charge in [0.15, 0.2) is 0 Å². The zero-order valence-electron chi connectivity index (χ0n) is 15.2. The molecule has 1 aliphatic rings. The molecule has 120 valence electrons. The third kappa shape index (κ3) is 5.80. The van der Waals surface area contributed by atoms with Crippen molar-refractivity contribution in [3.63, 3.8) is 0 Å². The van der Waals surface area contributed by atoms with Crippen LogP contribution in [0.5, 0.6) is 0 Å². The van der Waals surface area contributed by atoms with Crippen LogP contribution in [0.2, 0.25) is 0 Å². The fourth-order valence-corrected chi connectivity index (χ4v) is 3.21. The number of rotatable bonds is 5. The van der Waals surface area contributed by atoms with Gasteiger partial charge in [-0.3, -0.25) is 0 Å². The summed E-state index contributed by atoms with van der Waals surface area (Å²) in [5.74, 6) is 0.969. The minimum absolute atomic E-state index is 0.241. The molecule has 0 amide bonds. The lowest BCUT2D eigenvalue weighted by atomic mass is 9.68. The van der Waals surface area contributed by atoms with Crippen LogP contribution in [0.15, 0.2) is 23.3 Å². The second kappa shape index (κ2) is 6.94. The Morgan fingerprint density at radius 2 is 1.67 bits per heavy atom. The maximum atomic E-state index is 11.1. The highest BCUT2D eigenvalue weighted by atomic mass is 16.1. The van der Waals surface area contributed by atoms with Crippen molar-refractivity contribution in [3.05, 3.63) is 23.3 Å². The van der Waals surface area contributed by atoms with Crippen LogP contribution in [0.25, 0.3) is 0 Å². The molecule has 1 nitrogen and oxygen atoms in total.